The minimum absolute atomic E-state index is 0.00818. The van der Waals surface area contributed by atoms with E-state index in [0.717, 1.165) is 30.5 Å². The van der Waals surface area contributed by atoms with E-state index in [9.17, 15) is 9.59 Å². The minimum atomic E-state index is -0.453. The maximum atomic E-state index is 12.6. The molecule has 2 amide bonds. The van der Waals surface area contributed by atoms with Crippen LogP contribution in [0.4, 0.5) is 4.79 Å². The SMILES string of the molecule is CCOC(C)C(=O)N1CCC(N2C(=O)O[C@H]3CN(Cc4ccc5c(c4)nnn5C)C[C@H]32)C1. The van der Waals surface area contributed by atoms with Crippen LogP contribution in [0.15, 0.2) is 18.2 Å². The van der Waals surface area contributed by atoms with E-state index < -0.39 is 6.10 Å². The van der Waals surface area contributed by atoms with E-state index >= 15 is 0 Å². The fourth-order valence-electron chi connectivity index (χ4n) is 5.28. The molecule has 10 nitrogen and oxygen atoms in total. The Hall–Kier alpha value is -2.72. The third-order valence-electron chi connectivity index (χ3n) is 6.85. The fourth-order valence-corrected chi connectivity index (χ4v) is 5.28. The molecule has 3 fully saturated rings. The Kier molecular flexibility index (Phi) is 5.50. The number of aryl methyl sites for hydroxylation is 1. The van der Waals surface area contributed by atoms with Crippen molar-refractivity contribution in [1.82, 2.24) is 29.7 Å². The first-order valence-corrected chi connectivity index (χ1v) is 11.3. The van der Waals surface area contributed by atoms with Crippen molar-refractivity contribution in [2.75, 3.05) is 32.8 Å². The van der Waals surface area contributed by atoms with Crippen molar-refractivity contribution in [3.05, 3.63) is 23.8 Å². The van der Waals surface area contributed by atoms with Crippen molar-refractivity contribution >= 4 is 23.0 Å². The van der Waals surface area contributed by atoms with Crippen LogP contribution in [0.2, 0.25) is 0 Å². The molecule has 2 unspecified atom stereocenters. The number of rotatable bonds is 6. The summed E-state index contributed by atoms with van der Waals surface area (Å²) < 4.78 is 12.9. The molecule has 2 aromatic rings. The number of nitrogens with zero attached hydrogens (tertiary/aromatic N) is 6. The number of amides is 2. The van der Waals surface area contributed by atoms with Gasteiger partial charge >= 0.3 is 6.09 Å². The Bertz CT molecular complexity index is 1030. The topological polar surface area (TPSA) is 93.0 Å². The summed E-state index contributed by atoms with van der Waals surface area (Å²) in [5.41, 5.74) is 3.05. The zero-order chi connectivity index (χ0) is 22.4. The van der Waals surface area contributed by atoms with E-state index in [1.165, 1.54) is 5.56 Å². The van der Waals surface area contributed by atoms with Crippen molar-refractivity contribution < 1.29 is 19.1 Å². The number of ether oxygens (including phenoxy) is 2. The second kappa shape index (κ2) is 8.32. The molecule has 0 saturated carbocycles. The maximum absolute atomic E-state index is 12.6. The molecule has 4 atom stereocenters. The number of carbonyl (C=O) groups excluding carboxylic acids is 2. The van der Waals surface area contributed by atoms with E-state index in [0.29, 0.717) is 26.2 Å². The van der Waals surface area contributed by atoms with Crippen LogP contribution in [-0.2, 0) is 27.9 Å². The molecule has 0 aliphatic carbocycles. The van der Waals surface area contributed by atoms with Crippen LogP contribution in [0.3, 0.4) is 0 Å². The average Bonchev–Trinajstić information content (AvgIpc) is 3.52. The normalized spacial score (nSPS) is 26.7. The molecule has 4 heterocycles. The van der Waals surface area contributed by atoms with Crippen LogP contribution in [0.5, 0.6) is 0 Å². The van der Waals surface area contributed by atoms with Crippen LogP contribution >= 0.6 is 0 Å². The lowest BCUT2D eigenvalue weighted by atomic mass is 10.1. The molecule has 0 N–H and O–H groups in total. The smallest absolute Gasteiger partial charge is 0.410 e. The molecule has 32 heavy (non-hydrogen) atoms. The second-order valence-corrected chi connectivity index (χ2v) is 8.95. The van der Waals surface area contributed by atoms with Gasteiger partial charge in [-0.25, -0.2) is 9.48 Å². The Morgan fingerprint density at radius 2 is 2.16 bits per heavy atom. The molecule has 1 aromatic heterocycles. The van der Waals surface area contributed by atoms with E-state index in [1.54, 1.807) is 11.6 Å². The lowest BCUT2D eigenvalue weighted by Crippen LogP contribution is -2.47. The largest absolute Gasteiger partial charge is 0.442 e. The van der Waals surface area contributed by atoms with E-state index in [4.69, 9.17) is 9.47 Å². The van der Waals surface area contributed by atoms with Crippen molar-refractivity contribution in [2.24, 2.45) is 7.05 Å². The Morgan fingerprint density at radius 1 is 1.31 bits per heavy atom. The van der Waals surface area contributed by atoms with Crippen LogP contribution in [-0.4, -0.2) is 98.8 Å². The summed E-state index contributed by atoms with van der Waals surface area (Å²) >= 11 is 0. The summed E-state index contributed by atoms with van der Waals surface area (Å²) in [6.45, 7) is 7.59. The van der Waals surface area contributed by atoms with Gasteiger partial charge in [-0.2, -0.15) is 0 Å². The van der Waals surface area contributed by atoms with Crippen molar-refractivity contribution in [3.8, 4) is 0 Å². The first-order valence-electron chi connectivity index (χ1n) is 11.3. The van der Waals surface area contributed by atoms with Gasteiger partial charge in [-0.15, -0.1) is 5.10 Å². The molecule has 10 heteroatoms. The lowest BCUT2D eigenvalue weighted by Gasteiger charge is -2.28. The van der Waals surface area contributed by atoms with Gasteiger partial charge in [0.05, 0.1) is 17.6 Å². The van der Waals surface area contributed by atoms with E-state index in [1.807, 2.05) is 29.8 Å². The first-order chi connectivity index (χ1) is 15.4. The summed E-state index contributed by atoms with van der Waals surface area (Å²) in [7, 11) is 1.88. The fraction of sp³-hybridized carbons (Fsp3) is 0.636. The zero-order valence-corrected chi connectivity index (χ0v) is 18.8. The van der Waals surface area contributed by atoms with Gasteiger partial charge in [-0.05, 0) is 38.0 Å². The number of carbonyl (C=O) groups is 2. The lowest BCUT2D eigenvalue weighted by molar-refractivity contribution is -0.141. The first kappa shape index (κ1) is 21.1. The van der Waals surface area contributed by atoms with Crippen molar-refractivity contribution in [3.63, 3.8) is 0 Å². The van der Waals surface area contributed by atoms with E-state index in [2.05, 4.69) is 27.3 Å². The monoisotopic (exact) mass is 442 g/mol. The third-order valence-corrected chi connectivity index (χ3v) is 6.85. The molecule has 172 valence electrons. The minimum Gasteiger partial charge on any atom is -0.442 e. The molecular formula is C22H30N6O4. The highest BCUT2D eigenvalue weighted by Crippen LogP contribution is 2.32. The molecule has 3 aliphatic heterocycles. The standard InChI is InChI=1S/C22H30N6O4/c1-4-31-14(2)21(29)27-8-7-16(11-27)28-19-12-26(13-20(19)32-22(28)30)10-15-5-6-18-17(9-15)23-24-25(18)3/h5-6,9,14,16,19-20H,4,7-8,10-13H2,1-3H3/t14?,16?,19-,20+/m1/s1. The van der Waals surface area contributed by atoms with Gasteiger partial charge in [0.25, 0.3) is 5.91 Å². The second-order valence-electron chi connectivity index (χ2n) is 8.95. The van der Waals surface area contributed by atoms with E-state index in [-0.39, 0.29) is 30.2 Å². The summed E-state index contributed by atoms with van der Waals surface area (Å²) in [6, 6.07) is 6.23. The number of hydrogen-bond acceptors (Lipinski definition) is 7. The van der Waals surface area contributed by atoms with Crippen LogP contribution in [0.25, 0.3) is 11.0 Å². The molecule has 1 aromatic carbocycles. The number of likely N-dealkylation sites (tertiary alicyclic amines) is 2. The number of benzene rings is 1. The van der Waals surface area contributed by atoms with Crippen LogP contribution < -0.4 is 0 Å². The van der Waals surface area contributed by atoms with Gasteiger partial charge < -0.3 is 14.4 Å². The highest BCUT2D eigenvalue weighted by Gasteiger charge is 2.51. The molecule has 3 saturated heterocycles. The third kappa shape index (κ3) is 3.71. The van der Waals surface area contributed by atoms with Gasteiger partial charge in [0.15, 0.2) is 0 Å². The van der Waals surface area contributed by atoms with Crippen LogP contribution in [0.1, 0.15) is 25.8 Å². The highest BCUT2D eigenvalue weighted by molar-refractivity contribution is 5.81. The molecule has 0 radical (unpaired) electrons. The van der Waals surface area contributed by atoms with Gasteiger partial charge in [-0.1, -0.05) is 11.3 Å². The number of hydrogen-bond donors (Lipinski definition) is 0. The summed E-state index contributed by atoms with van der Waals surface area (Å²) in [5.74, 6) is -0.00841. The van der Waals surface area contributed by atoms with Gasteiger partial charge in [-0.3, -0.25) is 14.6 Å². The number of aromatic nitrogens is 3. The van der Waals surface area contributed by atoms with Gasteiger partial charge in [0, 0.05) is 46.4 Å². The molecule has 0 spiro atoms. The van der Waals surface area contributed by atoms with Crippen molar-refractivity contribution in [2.45, 2.75) is 51.1 Å². The Labute approximate surface area is 187 Å². The molecular weight excluding hydrogens is 412 g/mol. The van der Waals surface area contributed by atoms with Crippen LogP contribution in [0, 0.1) is 0 Å². The van der Waals surface area contributed by atoms with Gasteiger partial charge in [0.2, 0.25) is 0 Å². The number of fused-ring (bicyclic) bond motifs is 2. The molecule has 3 aliphatic rings. The average molecular weight is 443 g/mol. The zero-order valence-electron chi connectivity index (χ0n) is 18.8. The summed E-state index contributed by atoms with van der Waals surface area (Å²) in [4.78, 5) is 31.3. The van der Waals surface area contributed by atoms with Gasteiger partial charge in [0.1, 0.15) is 17.7 Å². The maximum Gasteiger partial charge on any atom is 0.410 e. The molecule has 5 rings (SSSR count). The predicted octanol–water partition coefficient (Wildman–Crippen LogP) is 0.999. The summed E-state index contributed by atoms with van der Waals surface area (Å²) in [5, 5.41) is 8.28. The Balaban J connectivity index is 1.23. The summed E-state index contributed by atoms with van der Waals surface area (Å²) in [6.07, 6.45) is -0.0648. The predicted molar refractivity (Wildman–Crippen MR) is 116 cm³/mol. The highest BCUT2D eigenvalue weighted by atomic mass is 16.6. The Morgan fingerprint density at radius 3 is 2.97 bits per heavy atom. The quantitative estimate of drug-likeness (QED) is 0.659. The van der Waals surface area contributed by atoms with Crippen molar-refractivity contribution in [1.29, 1.82) is 0 Å². The molecule has 0 bridgehead atoms.